The number of amides is 1. The summed E-state index contributed by atoms with van der Waals surface area (Å²) in [5, 5.41) is 7.38. The van der Waals surface area contributed by atoms with E-state index in [-0.39, 0.29) is 18.1 Å². The Bertz CT molecular complexity index is 1090. The number of aromatic nitrogens is 3. The van der Waals surface area contributed by atoms with Gasteiger partial charge in [-0.15, -0.1) is 0 Å². The first-order valence-electron chi connectivity index (χ1n) is 7.90. The van der Waals surface area contributed by atoms with Gasteiger partial charge < -0.3 is 9.84 Å². The number of benzene rings is 2. The quantitative estimate of drug-likeness (QED) is 0.594. The molecule has 0 saturated heterocycles. The van der Waals surface area contributed by atoms with E-state index in [1.54, 1.807) is 18.2 Å². The highest BCUT2D eigenvalue weighted by atomic mass is 35.5. The van der Waals surface area contributed by atoms with Crippen molar-refractivity contribution in [1.82, 2.24) is 20.4 Å². The van der Waals surface area contributed by atoms with Crippen LogP contribution in [0.1, 0.15) is 16.2 Å². The summed E-state index contributed by atoms with van der Waals surface area (Å²) >= 11 is 5.99. The van der Waals surface area contributed by atoms with Gasteiger partial charge in [0.1, 0.15) is 11.4 Å². The number of fused-ring (bicyclic) bond motifs is 1. The first-order chi connectivity index (χ1) is 12.7. The van der Waals surface area contributed by atoms with E-state index < -0.39 is 0 Å². The molecule has 2 heterocycles. The molecule has 0 atom stereocenters. The average Bonchev–Trinajstić information content (AvgIpc) is 3.15. The molecule has 2 aromatic heterocycles. The molecule has 1 amide bonds. The SMILES string of the molecule is O=C(NCc1cc(-c2cccc(Cl)c2)no1)c1cnc2ccccc2n1. The summed E-state index contributed by atoms with van der Waals surface area (Å²) in [5.74, 6) is 0.200. The van der Waals surface area contributed by atoms with Crippen molar-refractivity contribution in [3.63, 3.8) is 0 Å². The minimum Gasteiger partial charge on any atom is -0.359 e. The summed E-state index contributed by atoms with van der Waals surface area (Å²) < 4.78 is 5.27. The molecule has 4 rings (SSSR count). The fourth-order valence-electron chi connectivity index (χ4n) is 2.50. The molecule has 1 N–H and O–H groups in total. The van der Waals surface area contributed by atoms with Crippen molar-refractivity contribution in [2.24, 2.45) is 0 Å². The maximum absolute atomic E-state index is 12.3. The van der Waals surface area contributed by atoms with E-state index in [1.807, 2.05) is 36.4 Å². The van der Waals surface area contributed by atoms with Gasteiger partial charge in [-0.2, -0.15) is 0 Å². The second kappa shape index (κ2) is 6.93. The summed E-state index contributed by atoms with van der Waals surface area (Å²) in [6, 6.07) is 16.5. The molecule has 0 radical (unpaired) electrons. The van der Waals surface area contributed by atoms with E-state index >= 15 is 0 Å². The number of carbonyl (C=O) groups is 1. The molecule has 0 aliphatic heterocycles. The lowest BCUT2D eigenvalue weighted by atomic mass is 10.1. The van der Waals surface area contributed by atoms with E-state index in [0.717, 1.165) is 11.1 Å². The van der Waals surface area contributed by atoms with Crippen LogP contribution >= 0.6 is 11.6 Å². The number of hydrogen-bond acceptors (Lipinski definition) is 5. The van der Waals surface area contributed by atoms with E-state index in [4.69, 9.17) is 16.1 Å². The molecule has 0 saturated carbocycles. The summed E-state index contributed by atoms with van der Waals surface area (Å²) in [6.45, 7) is 0.195. The third-order valence-electron chi connectivity index (χ3n) is 3.78. The van der Waals surface area contributed by atoms with Gasteiger partial charge >= 0.3 is 0 Å². The zero-order valence-electron chi connectivity index (χ0n) is 13.5. The monoisotopic (exact) mass is 364 g/mol. The average molecular weight is 365 g/mol. The summed E-state index contributed by atoms with van der Waals surface area (Å²) in [4.78, 5) is 20.8. The Morgan fingerprint density at radius 3 is 2.77 bits per heavy atom. The van der Waals surface area contributed by atoms with Gasteiger partial charge in [-0.05, 0) is 24.3 Å². The second-order valence-corrected chi connectivity index (χ2v) is 6.05. The Kier molecular flexibility index (Phi) is 4.33. The molecule has 7 heteroatoms. The van der Waals surface area contributed by atoms with Crippen molar-refractivity contribution in [2.45, 2.75) is 6.54 Å². The van der Waals surface area contributed by atoms with Gasteiger partial charge in [0.05, 0.1) is 23.8 Å². The number of nitrogens with one attached hydrogen (secondary N) is 1. The molecule has 2 aromatic carbocycles. The predicted octanol–water partition coefficient (Wildman–Crippen LogP) is 3.87. The Balaban J connectivity index is 1.46. The summed E-state index contributed by atoms with van der Waals surface area (Å²) in [7, 11) is 0. The minimum atomic E-state index is -0.330. The first kappa shape index (κ1) is 16.2. The number of nitrogens with zero attached hydrogens (tertiary/aromatic N) is 3. The molecule has 26 heavy (non-hydrogen) atoms. The molecule has 0 bridgehead atoms. The van der Waals surface area contributed by atoms with Gasteiger partial charge in [0.15, 0.2) is 5.76 Å². The molecule has 6 nitrogen and oxygen atoms in total. The third-order valence-corrected chi connectivity index (χ3v) is 4.02. The van der Waals surface area contributed by atoms with E-state index in [0.29, 0.717) is 22.0 Å². The highest BCUT2D eigenvalue weighted by Crippen LogP contribution is 2.22. The van der Waals surface area contributed by atoms with Crippen LogP contribution in [0.4, 0.5) is 0 Å². The van der Waals surface area contributed by atoms with Crippen LogP contribution in [0, 0.1) is 0 Å². The van der Waals surface area contributed by atoms with Gasteiger partial charge in [-0.3, -0.25) is 9.78 Å². The number of para-hydroxylation sites is 2. The number of halogens is 1. The predicted molar refractivity (Wildman–Crippen MR) is 97.7 cm³/mol. The van der Waals surface area contributed by atoms with E-state index in [9.17, 15) is 4.79 Å². The van der Waals surface area contributed by atoms with Crippen LogP contribution in [0.2, 0.25) is 5.02 Å². The zero-order chi connectivity index (χ0) is 17.9. The minimum absolute atomic E-state index is 0.195. The fraction of sp³-hybridized carbons (Fsp3) is 0.0526. The van der Waals surface area contributed by atoms with Crippen LogP contribution in [0.25, 0.3) is 22.3 Å². The Labute approximate surface area is 153 Å². The Morgan fingerprint density at radius 2 is 1.92 bits per heavy atom. The van der Waals surface area contributed by atoms with Crippen LogP contribution in [0.5, 0.6) is 0 Å². The lowest BCUT2D eigenvalue weighted by Gasteiger charge is -2.03. The Hall–Kier alpha value is -3.25. The number of rotatable bonds is 4. The lowest BCUT2D eigenvalue weighted by molar-refractivity contribution is 0.0942. The van der Waals surface area contributed by atoms with Crippen molar-refractivity contribution in [3.05, 3.63) is 77.3 Å². The van der Waals surface area contributed by atoms with Crippen LogP contribution < -0.4 is 5.32 Å². The maximum Gasteiger partial charge on any atom is 0.271 e. The van der Waals surface area contributed by atoms with Crippen molar-refractivity contribution in [1.29, 1.82) is 0 Å². The Morgan fingerprint density at radius 1 is 1.08 bits per heavy atom. The number of hydrogen-bond donors (Lipinski definition) is 1. The smallest absolute Gasteiger partial charge is 0.271 e. The molecule has 4 aromatic rings. The van der Waals surface area contributed by atoms with Crippen molar-refractivity contribution in [3.8, 4) is 11.3 Å². The normalized spacial score (nSPS) is 10.8. The molecule has 0 fully saturated rings. The molecular weight excluding hydrogens is 352 g/mol. The van der Waals surface area contributed by atoms with E-state index in [2.05, 4.69) is 20.4 Å². The van der Waals surface area contributed by atoms with Crippen molar-refractivity contribution in [2.75, 3.05) is 0 Å². The highest BCUT2D eigenvalue weighted by molar-refractivity contribution is 6.30. The van der Waals surface area contributed by atoms with Gasteiger partial charge in [0.25, 0.3) is 5.91 Å². The van der Waals surface area contributed by atoms with Crippen LogP contribution in [-0.4, -0.2) is 21.0 Å². The third kappa shape index (κ3) is 3.41. The molecule has 128 valence electrons. The zero-order valence-corrected chi connectivity index (χ0v) is 14.3. The lowest BCUT2D eigenvalue weighted by Crippen LogP contribution is -2.23. The van der Waals surface area contributed by atoms with Gasteiger partial charge in [0, 0.05) is 16.7 Å². The maximum atomic E-state index is 12.3. The topological polar surface area (TPSA) is 80.9 Å². The van der Waals surface area contributed by atoms with E-state index in [1.165, 1.54) is 6.20 Å². The first-order valence-corrected chi connectivity index (χ1v) is 8.28. The van der Waals surface area contributed by atoms with Gasteiger partial charge in [0.2, 0.25) is 0 Å². The second-order valence-electron chi connectivity index (χ2n) is 5.62. The highest BCUT2D eigenvalue weighted by Gasteiger charge is 2.12. The molecule has 0 aliphatic rings. The van der Waals surface area contributed by atoms with Crippen LogP contribution in [0.15, 0.2) is 65.3 Å². The van der Waals surface area contributed by atoms with Crippen LogP contribution in [0.3, 0.4) is 0 Å². The number of carbonyl (C=O) groups excluding carboxylic acids is 1. The van der Waals surface area contributed by atoms with Crippen LogP contribution in [-0.2, 0) is 6.54 Å². The molecular formula is C19H13ClN4O2. The van der Waals surface area contributed by atoms with Crippen molar-refractivity contribution >= 4 is 28.5 Å². The van der Waals surface area contributed by atoms with Gasteiger partial charge in [-0.25, -0.2) is 4.98 Å². The standard InChI is InChI=1S/C19H13ClN4O2/c20-13-5-3-4-12(8-13)17-9-14(26-24-17)10-22-19(25)18-11-21-15-6-1-2-7-16(15)23-18/h1-9,11H,10H2,(H,22,25). The molecule has 0 unspecified atom stereocenters. The van der Waals surface area contributed by atoms with Crippen molar-refractivity contribution < 1.29 is 9.32 Å². The van der Waals surface area contributed by atoms with Gasteiger partial charge in [-0.1, -0.05) is 41.0 Å². The fourth-order valence-corrected chi connectivity index (χ4v) is 2.69. The molecule has 0 spiro atoms. The molecule has 0 aliphatic carbocycles. The summed E-state index contributed by atoms with van der Waals surface area (Å²) in [5.41, 5.74) is 3.16. The largest absolute Gasteiger partial charge is 0.359 e. The summed E-state index contributed by atoms with van der Waals surface area (Å²) in [6.07, 6.45) is 1.45.